The number of hydrogen-bond donors (Lipinski definition) is 2. The fourth-order valence-corrected chi connectivity index (χ4v) is 3.09. The Balaban J connectivity index is 1.90. The van der Waals surface area contributed by atoms with Crippen molar-refractivity contribution in [3.05, 3.63) is 11.6 Å². The number of hydrogen-bond acceptors (Lipinski definition) is 5. The summed E-state index contributed by atoms with van der Waals surface area (Å²) >= 11 is 1.41. The van der Waals surface area contributed by atoms with Crippen LogP contribution >= 0.6 is 11.3 Å². The maximum Gasteiger partial charge on any atom is 0.240 e. The molecule has 6 heteroatoms. The van der Waals surface area contributed by atoms with Crippen LogP contribution < -0.4 is 5.32 Å². The van der Waals surface area contributed by atoms with Gasteiger partial charge in [-0.1, -0.05) is 13.3 Å². The number of nitrogens with one attached hydrogen (secondary N) is 1. The molecule has 0 aliphatic carbocycles. The number of rotatable bonds is 5. The average molecular weight is 283 g/mol. The highest BCUT2D eigenvalue weighted by Gasteiger charge is 2.29. The summed E-state index contributed by atoms with van der Waals surface area (Å²) in [5.74, 6) is -0.0508. The van der Waals surface area contributed by atoms with Crippen molar-refractivity contribution in [3.63, 3.8) is 0 Å². The molecule has 0 radical (unpaired) electrons. The van der Waals surface area contributed by atoms with Gasteiger partial charge in [-0.3, -0.25) is 9.69 Å². The van der Waals surface area contributed by atoms with Gasteiger partial charge in [0.05, 0.1) is 12.6 Å². The van der Waals surface area contributed by atoms with E-state index in [1.54, 1.807) is 6.20 Å². The van der Waals surface area contributed by atoms with Crippen molar-refractivity contribution in [1.29, 1.82) is 0 Å². The Kier molecular flexibility index (Phi) is 5.30. The summed E-state index contributed by atoms with van der Waals surface area (Å²) in [6, 6.07) is 0.112. The minimum absolute atomic E-state index is 0.0508. The number of nitrogens with zero attached hydrogens (tertiary/aromatic N) is 2. The molecule has 2 unspecified atom stereocenters. The summed E-state index contributed by atoms with van der Waals surface area (Å²) in [6.07, 6.45) is 5.26. The highest BCUT2D eigenvalue weighted by atomic mass is 32.1. The molecule has 2 rings (SSSR count). The minimum atomic E-state index is -0.340. The Hall–Kier alpha value is -0.980. The normalized spacial score (nSPS) is 22.1. The first-order valence-electron chi connectivity index (χ1n) is 6.82. The predicted octanol–water partition coefficient (Wildman–Crippen LogP) is 1.71. The van der Waals surface area contributed by atoms with Gasteiger partial charge in [-0.05, 0) is 25.8 Å². The lowest BCUT2D eigenvalue weighted by Crippen LogP contribution is -2.49. The second-order valence-corrected chi connectivity index (χ2v) is 5.79. The smallest absolute Gasteiger partial charge is 0.240 e. The fourth-order valence-electron chi connectivity index (χ4n) is 2.55. The van der Waals surface area contributed by atoms with Crippen LogP contribution in [0.5, 0.6) is 0 Å². The van der Waals surface area contributed by atoms with Crippen molar-refractivity contribution in [2.24, 2.45) is 0 Å². The molecule has 2 heterocycles. The van der Waals surface area contributed by atoms with Gasteiger partial charge in [-0.2, -0.15) is 0 Å². The zero-order valence-electron chi connectivity index (χ0n) is 11.2. The lowest BCUT2D eigenvalue weighted by Gasteiger charge is -2.37. The number of carbonyl (C=O) groups excluding carboxylic acids is 1. The van der Waals surface area contributed by atoms with Crippen molar-refractivity contribution >= 4 is 22.4 Å². The molecule has 1 aliphatic rings. The second-order valence-electron chi connectivity index (χ2n) is 4.89. The fraction of sp³-hybridized carbons (Fsp3) is 0.692. The summed E-state index contributed by atoms with van der Waals surface area (Å²) in [6.45, 7) is 3.20. The Bertz CT molecular complexity index is 397. The number of aliphatic hydroxyl groups excluding tert-OH is 1. The van der Waals surface area contributed by atoms with Crippen LogP contribution in [0.3, 0.4) is 0 Å². The van der Waals surface area contributed by atoms with E-state index in [2.05, 4.69) is 15.2 Å². The molecule has 1 saturated heterocycles. The quantitative estimate of drug-likeness (QED) is 0.863. The van der Waals surface area contributed by atoms with Crippen LogP contribution in [0.25, 0.3) is 0 Å². The van der Waals surface area contributed by atoms with Gasteiger partial charge in [0.2, 0.25) is 5.91 Å². The molecular formula is C13H21N3O2S. The zero-order chi connectivity index (χ0) is 13.7. The van der Waals surface area contributed by atoms with Crippen LogP contribution in [-0.2, 0) is 4.79 Å². The van der Waals surface area contributed by atoms with Gasteiger partial charge in [0.1, 0.15) is 0 Å². The van der Waals surface area contributed by atoms with Crippen LogP contribution in [0, 0.1) is 0 Å². The molecule has 2 atom stereocenters. The van der Waals surface area contributed by atoms with Crippen LogP contribution in [0.1, 0.15) is 32.6 Å². The van der Waals surface area contributed by atoms with Crippen molar-refractivity contribution < 1.29 is 9.90 Å². The number of anilines is 1. The maximum absolute atomic E-state index is 12.0. The third-order valence-electron chi connectivity index (χ3n) is 3.55. The summed E-state index contributed by atoms with van der Waals surface area (Å²) < 4.78 is 0. The lowest BCUT2D eigenvalue weighted by atomic mass is 9.96. The van der Waals surface area contributed by atoms with E-state index in [0.29, 0.717) is 11.7 Å². The van der Waals surface area contributed by atoms with Crippen LogP contribution in [0.2, 0.25) is 0 Å². The van der Waals surface area contributed by atoms with E-state index in [1.807, 2.05) is 12.3 Å². The van der Waals surface area contributed by atoms with E-state index in [0.717, 1.165) is 32.2 Å². The van der Waals surface area contributed by atoms with Crippen molar-refractivity contribution in [2.75, 3.05) is 18.4 Å². The largest absolute Gasteiger partial charge is 0.392 e. The Morgan fingerprint density at radius 1 is 1.68 bits per heavy atom. The maximum atomic E-state index is 12.0. The zero-order valence-corrected chi connectivity index (χ0v) is 12.0. The molecular weight excluding hydrogens is 262 g/mol. The molecule has 1 amide bonds. The standard InChI is InChI=1S/C13H21N3O2S/c1-2-11(17)10-5-3-4-7-16(10)9-12(18)15-13-14-6-8-19-13/h6,8,10-11,17H,2-5,7,9H2,1H3,(H,14,15,18). The van der Waals surface area contributed by atoms with Crippen LogP contribution in [0.15, 0.2) is 11.6 Å². The van der Waals surface area contributed by atoms with E-state index >= 15 is 0 Å². The number of thiazole rings is 1. The molecule has 1 fully saturated rings. The molecule has 1 aromatic rings. The van der Waals surface area contributed by atoms with Gasteiger partial charge in [-0.15, -0.1) is 11.3 Å². The lowest BCUT2D eigenvalue weighted by molar-refractivity contribution is -0.119. The highest BCUT2D eigenvalue weighted by Crippen LogP contribution is 2.21. The van der Waals surface area contributed by atoms with E-state index < -0.39 is 0 Å². The first kappa shape index (κ1) is 14.4. The molecule has 5 nitrogen and oxygen atoms in total. The summed E-state index contributed by atoms with van der Waals surface area (Å²) in [5, 5.41) is 15.3. The molecule has 1 aromatic heterocycles. The van der Waals surface area contributed by atoms with Crippen molar-refractivity contribution in [2.45, 2.75) is 44.8 Å². The van der Waals surface area contributed by atoms with Gasteiger partial charge in [-0.25, -0.2) is 4.98 Å². The summed E-state index contributed by atoms with van der Waals surface area (Å²) in [4.78, 5) is 18.1. The number of carbonyl (C=O) groups is 1. The van der Waals surface area contributed by atoms with Gasteiger partial charge in [0.15, 0.2) is 5.13 Å². The molecule has 2 N–H and O–H groups in total. The molecule has 0 aromatic carbocycles. The van der Waals surface area contributed by atoms with Gasteiger partial charge in [0.25, 0.3) is 0 Å². The predicted molar refractivity (Wildman–Crippen MR) is 76.3 cm³/mol. The number of aromatic nitrogens is 1. The Labute approximate surface area is 117 Å². The Morgan fingerprint density at radius 3 is 3.21 bits per heavy atom. The third kappa shape index (κ3) is 3.99. The summed E-state index contributed by atoms with van der Waals surface area (Å²) in [5.41, 5.74) is 0. The van der Waals surface area contributed by atoms with Gasteiger partial charge >= 0.3 is 0 Å². The van der Waals surface area contributed by atoms with Crippen LogP contribution in [-0.4, -0.2) is 46.1 Å². The molecule has 106 valence electrons. The van der Waals surface area contributed by atoms with E-state index in [4.69, 9.17) is 0 Å². The third-order valence-corrected chi connectivity index (χ3v) is 4.24. The van der Waals surface area contributed by atoms with Gasteiger partial charge in [0, 0.05) is 17.6 Å². The van der Waals surface area contributed by atoms with Gasteiger partial charge < -0.3 is 10.4 Å². The second kappa shape index (κ2) is 6.98. The molecule has 0 bridgehead atoms. The topological polar surface area (TPSA) is 65.5 Å². The molecule has 19 heavy (non-hydrogen) atoms. The monoisotopic (exact) mass is 283 g/mol. The summed E-state index contributed by atoms with van der Waals surface area (Å²) in [7, 11) is 0. The SMILES string of the molecule is CCC(O)C1CCCCN1CC(=O)Nc1nccs1. The van der Waals surface area contributed by atoms with E-state index in [9.17, 15) is 9.90 Å². The van der Waals surface area contributed by atoms with E-state index in [-0.39, 0.29) is 18.1 Å². The number of piperidine rings is 1. The highest BCUT2D eigenvalue weighted by molar-refractivity contribution is 7.13. The molecule has 0 saturated carbocycles. The first-order chi connectivity index (χ1) is 9.20. The van der Waals surface area contributed by atoms with Crippen molar-refractivity contribution in [3.8, 4) is 0 Å². The number of likely N-dealkylation sites (tertiary alicyclic amines) is 1. The average Bonchev–Trinajstić information content (AvgIpc) is 2.91. The Morgan fingerprint density at radius 2 is 2.53 bits per heavy atom. The molecule has 1 aliphatic heterocycles. The van der Waals surface area contributed by atoms with Crippen LogP contribution in [0.4, 0.5) is 5.13 Å². The van der Waals surface area contributed by atoms with E-state index in [1.165, 1.54) is 11.3 Å². The first-order valence-corrected chi connectivity index (χ1v) is 7.70. The molecule has 0 spiro atoms. The minimum Gasteiger partial charge on any atom is -0.392 e. The number of amides is 1. The van der Waals surface area contributed by atoms with Crippen molar-refractivity contribution in [1.82, 2.24) is 9.88 Å². The number of aliphatic hydroxyl groups is 1.